The van der Waals surface area contributed by atoms with Crippen LogP contribution in [0.1, 0.15) is 138 Å². The van der Waals surface area contributed by atoms with Gasteiger partial charge in [0, 0.05) is 25.9 Å². The van der Waals surface area contributed by atoms with Gasteiger partial charge in [-0.25, -0.2) is 4.79 Å². The molecule has 0 aromatic rings. The standard InChI is InChI=1S/C41H68N2O7/c1-8-48-37(45)21-25-43(27-38(46)49-9-2)36(44)14-11-24-42-39(47)50-31-19-22-40(6)30(26-31)15-16-32-34-18-17-33(29(5)13-10-12-28(3)4)41(34,7)23-20-35(32)40/h15,28-29,31-35H,8-14,16-27H2,1-7H3,(H,42,47)/t29?,31-,32?,33+,34?,35?,40-,41+/m0/s1. The highest BCUT2D eigenvalue weighted by molar-refractivity contribution is 5.82. The third kappa shape index (κ3) is 9.84. The van der Waals surface area contributed by atoms with Crippen molar-refractivity contribution in [2.45, 2.75) is 144 Å². The number of amides is 2. The maximum atomic E-state index is 12.9. The Labute approximate surface area is 302 Å². The Morgan fingerprint density at radius 2 is 1.64 bits per heavy atom. The van der Waals surface area contributed by atoms with Crippen LogP contribution in [0.15, 0.2) is 11.6 Å². The van der Waals surface area contributed by atoms with Crippen LogP contribution in [-0.2, 0) is 28.6 Å². The van der Waals surface area contributed by atoms with Crippen molar-refractivity contribution in [3.63, 3.8) is 0 Å². The second-order valence-corrected chi connectivity index (χ2v) is 16.8. The lowest BCUT2D eigenvalue weighted by Crippen LogP contribution is -2.51. The summed E-state index contributed by atoms with van der Waals surface area (Å²) in [7, 11) is 0. The van der Waals surface area contributed by atoms with Crippen molar-refractivity contribution < 1.29 is 33.4 Å². The van der Waals surface area contributed by atoms with Gasteiger partial charge in [-0.3, -0.25) is 14.4 Å². The first kappa shape index (κ1) is 40.2. The van der Waals surface area contributed by atoms with E-state index in [2.05, 4.69) is 46.0 Å². The van der Waals surface area contributed by atoms with Gasteiger partial charge >= 0.3 is 18.0 Å². The number of carbonyl (C=O) groups excluding carboxylic acids is 4. The summed E-state index contributed by atoms with van der Waals surface area (Å²) in [6.45, 7) is 16.4. The van der Waals surface area contributed by atoms with E-state index < -0.39 is 18.0 Å². The van der Waals surface area contributed by atoms with E-state index in [4.69, 9.17) is 14.2 Å². The number of allylic oxidation sites excluding steroid dienone is 1. The normalized spacial score (nSPS) is 30.6. The number of hydrogen-bond donors (Lipinski definition) is 1. The number of nitrogens with zero attached hydrogens (tertiary/aromatic N) is 1. The van der Waals surface area contributed by atoms with Crippen LogP contribution in [-0.4, -0.2) is 67.8 Å². The van der Waals surface area contributed by atoms with Gasteiger partial charge in [0.25, 0.3) is 0 Å². The summed E-state index contributed by atoms with van der Waals surface area (Å²) in [5, 5.41) is 2.82. The summed E-state index contributed by atoms with van der Waals surface area (Å²) in [5.41, 5.74) is 2.17. The second kappa shape index (κ2) is 18.3. The lowest BCUT2D eigenvalue weighted by molar-refractivity contribution is -0.150. The van der Waals surface area contributed by atoms with Crippen LogP contribution in [0.5, 0.6) is 0 Å². The third-order valence-corrected chi connectivity index (χ3v) is 13.2. The van der Waals surface area contributed by atoms with Gasteiger partial charge in [0.2, 0.25) is 5.91 Å². The van der Waals surface area contributed by atoms with Crippen molar-refractivity contribution in [3.8, 4) is 0 Å². The van der Waals surface area contributed by atoms with E-state index in [0.29, 0.717) is 11.8 Å². The average Bonchev–Trinajstić information content (AvgIpc) is 3.42. The van der Waals surface area contributed by atoms with E-state index in [1.54, 1.807) is 13.8 Å². The Bertz CT molecular complexity index is 1200. The van der Waals surface area contributed by atoms with E-state index in [-0.39, 0.29) is 63.1 Å². The van der Waals surface area contributed by atoms with Gasteiger partial charge in [-0.05, 0) is 112 Å². The van der Waals surface area contributed by atoms with Crippen molar-refractivity contribution >= 4 is 23.9 Å². The Balaban J connectivity index is 1.24. The molecule has 9 heteroatoms. The van der Waals surface area contributed by atoms with E-state index in [9.17, 15) is 19.2 Å². The third-order valence-electron chi connectivity index (χ3n) is 13.2. The molecule has 4 rings (SSSR count). The van der Waals surface area contributed by atoms with Gasteiger partial charge < -0.3 is 24.4 Å². The number of ether oxygens (including phenoxy) is 3. The molecule has 0 aromatic heterocycles. The molecule has 284 valence electrons. The topological polar surface area (TPSA) is 111 Å². The Morgan fingerprint density at radius 1 is 0.900 bits per heavy atom. The van der Waals surface area contributed by atoms with E-state index in [1.165, 1.54) is 61.8 Å². The molecule has 0 saturated heterocycles. The van der Waals surface area contributed by atoms with Crippen molar-refractivity contribution in [3.05, 3.63) is 11.6 Å². The highest BCUT2D eigenvalue weighted by atomic mass is 16.6. The van der Waals surface area contributed by atoms with Crippen LogP contribution in [0.4, 0.5) is 4.79 Å². The zero-order valence-corrected chi connectivity index (χ0v) is 32.4. The summed E-state index contributed by atoms with van der Waals surface area (Å²) < 4.78 is 15.9. The molecule has 0 radical (unpaired) electrons. The Morgan fingerprint density at radius 3 is 2.36 bits per heavy atom. The monoisotopic (exact) mass is 701 g/mol. The average molecular weight is 701 g/mol. The lowest BCUT2D eigenvalue weighted by atomic mass is 9.47. The second-order valence-electron chi connectivity index (χ2n) is 16.8. The van der Waals surface area contributed by atoms with Gasteiger partial charge in [-0.2, -0.15) is 0 Å². The van der Waals surface area contributed by atoms with Crippen LogP contribution >= 0.6 is 0 Å². The molecule has 0 aromatic carbocycles. The first-order valence-corrected chi connectivity index (χ1v) is 20.0. The van der Waals surface area contributed by atoms with E-state index in [1.807, 2.05) is 0 Å². The summed E-state index contributed by atoms with van der Waals surface area (Å²) in [4.78, 5) is 50.9. The molecule has 3 saturated carbocycles. The summed E-state index contributed by atoms with van der Waals surface area (Å²) in [5.74, 6) is 3.58. The minimum Gasteiger partial charge on any atom is -0.466 e. The first-order chi connectivity index (χ1) is 23.8. The smallest absolute Gasteiger partial charge is 0.407 e. The molecule has 0 bridgehead atoms. The maximum absolute atomic E-state index is 12.9. The molecule has 9 nitrogen and oxygen atoms in total. The molecular formula is C41H68N2O7. The fourth-order valence-corrected chi connectivity index (χ4v) is 10.6. The van der Waals surface area contributed by atoms with Crippen molar-refractivity contribution in [1.29, 1.82) is 0 Å². The SMILES string of the molecule is CCOC(=O)CCN(CC(=O)OCC)C(=O)CCCNC(=O)O[C@H]1CC[C@@]2(C)C(=CCC3C2CC[C@@]2(C)C3CC[C@@H]2C(C)CCCC(C)C)C1. The van der Waals surface area contributed by atoms with Crippen LogP contribution in [0.3, 0.4) is 0 Å². The molecule has 50 heavy (non-hydrogen) atoms. The fourth-order valence-electron chi connectivity index (χ4n) is 10.6. The van der Waals surface area contributed by atoms with Gasteiger partial charge in [-0.1, -0.05) is 65.5 Å². The zero-order valence-electron chi connectivity index (χ0n) is 32.4. The van der Waals surface area contributed by atoms with E-state index in [0.717, 1.165) is 54.8 Å². The number of carbonyl (C=O) groups is 4. The predicted molar refractivity (Wildman–Crippen MR) is 195 cm³/mol. The predicted octanol–water partition coefficient (Wildman–Crippen LogP) is 8.25. The molecule has 2 amide bonds. The van der Waals surface area contributed by atoms with Crippen molar-refractivity contribution in [2.24, 2.45) is 46.3 Å². The number of esters is 2. The Kier molecular flexibility index (Phi) is 14.7. The number of rotatable bonds is 17. The highest BCUT2D eigenvalue weighted by Crippen LogP contribution is 2.67. The fraction of sp³-hybridized carbons (Fsp3) is 0.854. The maximum Gasteiger partial charge on any atom is 0.407 e. The van der Waals surface area contributed by atoms with Gasteiger partial charge in [-0.15, -0.1) is 0 Å². The number of fused-ring (bicyclic) bond motifs is 5. The van der Waals surface area contributed by atoms with Crippen LogP contribution in [0, 0.1) is 46.3 Å². The summed E-state index contributed by atoms with van der Waals surface area (Å²) >= 11 is 0. The lowest BCUT2D eigenvalue weighted by Gasteiger charge is -2.58. The van der Waals surface area contributed by atoms with Crippen LogP contribution in [0.2, 0.25) is 0 Å². The zero-order chi connectivity index (χ0) is 36.5. The molecular weight excluding hydrogens is 632 g/mol. The number of nitrogens with one attached hydrogen (secondary N) is 1. The van der Waals surface area contributed by atoms with Gasteiger partial charge in [0.05, 0.1) is 19.6 Å². The van der Waals surface area contributed by atoms with Crippen LogP contribution < -0.4 is 5.32 Å². The van der Waals surface area contributed by atoms with E-state index >= 15 is 0 Å². The summed E-state index contributed by atoms with van der Waals surface area (Å²) in [6.07, 6.45) is 16.0. The van der Waals surface area contributed by atoms with Crippen molar-refractivity contribution in [2.75, 3.05) is 32.8 Å². The molecule has 1 N–H and O–H groups in total. The quantitative estimate of drug-likeness (QED) is 0.0704. The largest absolute Gasteiger partial charge is 0.466 e. The highest BCUT2D eigenvalue weighted by Gasteiger charge is 2.59. The van der Waals surface area contributed by atoms with Crippen molar-refractivity contribution in [1.82, 2.24) is 10.2 Å². The molecule has 4 unspecified atom stereocenters. The number of alkyl carbamates (subject to hydrolysis) is 1. The molecule has 4 aliphatic rings. The molecule has 0 aliphatic heterocycles. The minimum absolute atomic E-state index is 0.000215. The molecule has 8 atom stereocenters. The summed E-state index contributed by atoms with van der Waals surface area (Å²) in [6, 6.07) is 0. The van der Waals surface area contributed by atoms with Gasteiger partial charge in [0.1, 0.15) is 12.6 Å². The van der Waals surface area contributed by atoms with Gasteiger partial charge in [0.15, 0.2) is 0 Å². The molecule has 0 spiro atoms. The van der Waals surface area contributed by atoms with Crippen LogP contribution in [0.25, 0.3) is 0 Å². The molecule has 3 fully saturated rings. The first-order valence-electron chi connectivity index (χ1n) is 20.0. The molecule has 0 heterocycles. The molecule has 4 aliphatic carbocycles. The Hall–Kier alpha value is -2.58. The number of hydrogen-bond acceptors (Lipinski definition) is 7. The minimum atomic E-state index is -0.523.